The van der Waals surface area contributed by atoms with Crippen LogP contribution in [0.1, 0.15) is 19.7 Å². The van der Waals surface area contributed by atoms with Gasteiger partial charge in [0.25, 0.3) is 0 Å². The van der Waals surface area contributed by atoms with E-state index in [2.05, 4.69) is 44.5 Å². The van der Waals surface area contributed by atoms with Gasteiger partial charge in [-0.25, -0.2) is 0 Å². The van der Waals surface area contributed by atoms with E-state index in [4.69, 9.17) is 5.73 Å². The highest BCUT2D eigenvalue weighted by Gasteiger charge is 2.15. The van der Waals surface area contributed by atoms with E-state index < -0.39 is 0 Å². The molecule has 0 saturated heterocycles. The fourth-order valence-electron chi connectivity index (χ4n) is 1.89. The summed E-state index contributed by atoms with van der Waals surface area (Å²) in [4.78, 5) is 0. The number of nitrogens with two attached hydrogens (primary N) is 1. The number of rotatable bonds is 4. The predicted molar refractivity (Wildman–Crippen MR) is 75.9 cm³/mol. The maximum Gasteiger partial charge on any atom is 0.165 e. The number of hydrogen-bond acceptors (Lipinski definition) is 3. The number of nitrogens with zero attached hydrogens (tertiary/aromatic N) is 3. The lowest BCUT2D eigenvalue weighted by molar-refractivity contribution is 0.510. The van der Waals surface area contributed by atoms with Crippen molar-refractivity contribution in [1.82, 2.24) is 14.8 Å². The second-order valence-corrected chi connectivity index (χ2v) is 5.48. The van der Waals surface area contributed by atoms with Crippen molar-refractivity contribution in [3.63, 3.8) is 0 Å². The molecule has 0 radical (unpaired) electrons. The largest absolute Gasteiger partial charge is 0.324 e. The van der Waals surface area contributed by atoms with Gasteiger partial charge in [0.1, 0.15) is 5.82 Å². The highest BCUT2D eigenvalue weighted by atomic mass is 79.9. The summed E-state index contributed by atoms with van der Waals surface area (Å²) in [7, 11) is 0. The summed E-state index contributed by atoms with van der Waals surface area (Å²) in [5.41, 5.74) is 6.77. The van der Waals surface area contributed by atoms with Crippen molar-refractivity contribution in [2.24, 2.45) is 11.7 Å². The molecule has 5 heteroatoms. The molecule has 0 fully saturated rings. The molecule has 2 N–H and O–H groups in total. The van der Waals surface area contributed by atoms with Gasteiger partial charge in [-0.2, -0.15) is 0 Å². The Labute approximate surface area is 115 Å². The van der Waals surface area contributed by atoms with E-state index in [9.17, 15) is 0 Å². The first-order chi connectivity index (χ1) is 8.63. The lowest BCUT2D eigenvalue weighted by atomic mass is 10.2. The molecule has 0 atom stereocenters. The lowest BCUT2D eigenvalue weighted by Crippen LogP contribution is -2.13. The van der Waals surface area contributed by atoms with Crippen LogP contribution >= 0.6 is 15.9 Å². The summed E-state index contributed by atoms with van der Waals surface area (Å²) in [5.74, 6) is 2.22. The minimum Gasteiger partial charge on any atom is -0.324 e. The summed E-state index contributed by atoms with van der Waals surface area (Å²) in [6, 6.07) is 8.02. The maximum absolute atomic E-state index is 5.72. The van der Waals surface area contributed by atoms with Crippen LogP contribution in [0.2, 0.25) is 0 Å². The standard InChI is InChI=1S/C13H17BrN4/c1-9(2)8-18-12(7-15)16-17-13(18)10-5-3-4-6-11(10)14/h3-6,9H,7-8,15H2,1-2H3. The van der Waals surface area contributed by atoms with Gasteiger partial charge in [0.05, 0.1) is 6.54 Å². The Morgan fingerprint density at radius 2 is 2.00 bits per heavy atom. The van der Waals surface area contributed by atoms with Crippen molar-refractivity contribution in [2.75, 3.05) is 0 Å². The molecule has 0 aliphatic heterocycles. The van der Waals surface area contributed by atoms with Gasteiger partial charge in [0, 0.05) is 16.6 Å². The first kappa shape index (κ1) is 13.2. The van der Waals surface area contributed by atoms with Crippen LogP contribution in [0, 0.1) is 5.92 Å². The van der Waals surface area contributed by atoms with Gasteiger partial charge in [-0.1, -0.05) is 48.0 Å². The molecule has 1 heterocycles. The molecule has 2 rings (SSSR count). The van der Waals surface area contributed by atoms with Crippen LogP contribution in [-0.4, -0.2) is 14.8 Å². The topological polar surface area (TPSA) is 56.7 Å². The van der Waals surface area contributed by atoms with E-state index in [-0.39, 0.29) is 0 Å². The molecule has 0 bridgehead atoms. The Balaban J connectivity index is 2.51. The van der Waals surface area contributed by atoms with Crippen LogP contribution < -0.4 is 5.73 Å². The van der Waals surface area contributed by atoms with Crippen molar-refractivity contribution in [1.29, 1.82) is 0 Å². The molecular weight excluding hydrogens is 292 g/mol. The smallest absolute Gasteiger partial charge is 0.165 e. The van der Waals surface area contributed by atoms with E-state index in [1.165, 1.54) is 0 Å². The Morgan fingerprint density at radius 3 is 2.61 bits per heavy atom. The van der Waals surface area contributed by atoms with Gasteiger partial charge >= 0.3 is 0 Å². The van der Waals surface area contributed by atoms with Gasteiger partial charge in [-0.15, -0.1) is 10.2 Å². The monoisotopic (exact) mass is 308 g/mol. The number of hydrogen-bond donors (Lipinski definition) is 1. The molecular formula is C13H17BrN4. The fourth-order valence-corrected chi connectivity index (χ4v) is 2.35. The van der Waals surface area contributed by atoms with Crippen LogP contribution in [-0.2, 0) is 13.1 Å². The van der Waals surface area contributed by atoms with Crippen LogP contribution in [0.15, 0.2) is 28.7 Å². The molecule has 0 aliphatic rings. The van der Waals surface area contributed by atoms with Crippen LogP contribution in [0.5, 0.6) is 0 Å². The van der Waals surface area contributed by atoms with E-state index in [1.54, 1.807) is 0 Å². The van der Waals surface area contributed by atoms with Crippen molar-refractivity contribution < 1.29 is 0 Å². The Morgan fingerprint density at radius 1 is 1.28 bits per heavy atom. The molecule has 18 heavy (non-hydrogen) atoms. The first-order valence-electron chi connectivity index (χ1n) is 6.00. The minimum atomic E-state index is 0.407. The third-order valence-electron chi connectivity index (χ3n) is 2.67. The normalized spacial score (nSPS) is 11.2. The second-order valence-electron chi connectivity index (χ2n) is 4.63. The number of benzene rings is 1. The molecule has 0 aliphatic carbocycles. The average Bonchev–Trinajstić information content (AvgIpc) is 2.72. The Hall–Kier alpha value is -1.20. The Bertz CT molecular complexity index is 534. The third-order valence-corrected chi connectivity index (χ3v) is 3.36. The molecule has 0 unspecified atom stereocenters. The summed E-state index contributed by atoms with van der Waals surface area (Å²) in [5, 5.41) is 8.45. The number of halogens is 1. The van der Waals surface area contributed by atoms with E-state index in [0.29, 0.717) is 12.5 Å². The zero-order chi connectivity index (χ0) is 13.1. The summed E-state index contributed by atoms with van der Waals surface area (Å²) in [6.07, 6.45) is 0. The van der Waals surface area contributed by atoms with Gasteiger partial charge in [0.2, 0.25) is 0 Å². The summed E-state index contributed by atoms with van der Waals surface area (Å²) in [6.45, 7) is 5.62. The van der Waals surface area contributed by atoms with E-state index >= 15 is 0 Å². The molecule has 4 nitrogen and oxygen atoms in total. The molecule has 0 amide bonds. The van der Waals surface area contributed by atoms with Crippen LogP contribution in [0.4, 0.5) is 0 Å². The van der Waals surface area contributed by atoms with Gasteiger partial charge in [-0.05, 0) is 12.0 Å². The van der Waals surface area contributed by atoms with Gasteiger partial charge in [-0.3, -0.25) is 0 Å². The molecule has 0 spiro atoms. The zero-order valence-electron chi connectivity index (χ0n) is 10.6. The molecule has 1 aromatic heterocycles. The van der Waals surface area contributed by atoms with Gasteiger partial charge in [0.15, 0.2) is 5.82 Å². The fraction of sp³-hybridized carbons (Fsp3) is 0.385. The van der Waals surface area contributed by atoms with Crippen LogP contribution in [0.25, 0.3) is 11.4 Å². The Kier molecular flexibility index (Phi) is 4.14. The van der Waals surface area contributed by atoms with Crippen LogP contribution in [0.3, 0.4) is 0 Å². The third kappa shape index (κ3) is 2.62. The van der Waals surface area contributed by atoms with Crippen molar-refractivity contribution in [2.45, 2.75) is 26.9 Å². The molecule has 0 saturated carbocycles. The zero-order valence-corrected chi connectivity index (χ0v) is 12.2. The summed E-state index contributed by atoms with van der Waals surface area (Å²) < 4.78 is 3.12. The maximum atomic E-state index is 5.72. The highest BCUT2D eigenvalue weighted by molar-refractivity contribution is 9.10. The molecule has 96 valence electrons. The van der Waals surface area contributed by atoms with E-state index in [0.717, 1.165) is 28.2 Å². The summed E-state index contributed by atoms with van der Waals surface area (Å²) >= 11 is 3.55. The lowest BCUT2D eigenvalue weighted by Gasteiger charge is -2.12. The quantitative estimate of drug-likeness (QED) is 0.945. The van der Waals surface area contributed by atoms with Crippen molar-refractivity contribution >= 4 is 15.9 Å². The van der Waals surface area contributed by atoms with E-state index in [1.807, 2.05) is 24.3 Å². The molecule has 2 aromatic rings. The molecule has 1 aromatic carbocycles. The minimum absolute atomic E-state index is 0.407. The first-order valence-corrected chi connectivity index (χ1v) is 6.79. The SMILES string of the molecule is CC(C)Cn1c(CN)nnc1-c1ccccc1Br. The average molecular weight is 309 g/mol. The van der Waals surface area contributed by atoms with Crippen molar-refractivity contribution in [3.8, 4) is 11.4 Å². The highest BCUT2D eigenvalue weighted by Crippen LogP contribution is 2.27. The van der Waals surface area contributed by atoms with Crippen molar-refractivity contribution in [3.05, 3.63) is 34.6 Å². The second kappa shape index (κ2) is 5.63. The number of aromatic nitrogens is 3. The van der Waals surface area contributed by atoms with Gasteiger partial charge < -0.3 is 10.3 Å². The predicted octanol–water partition coefficient (Wildman–Crippen LogP) is 2.82.